The second-order valence-corrected chi connectivity index (χ2v) is 6.04. The molecule has 0 aliphatic carbocycles. The van der Waals surface area contributed by atoms with E-state index in [0.717, 1.165) is 31.6 Å². The van der Waals surface area contributed by atoms with Gasteiger partial charge >= 0.3 is 0 Å². The van der Waals surface area contributed by atoms with Gasteiger partial charge in [-0.25, -0.2) is 4.39 Å². The summed E-state index contributed by atoms with van der Waals surface area (Å²) in [5.74, 6) is -0.00114. The van der Waals surface area contributed by atoms with Gasteiger partial charge in [0.1, 0.15) is 17.3 Å². The van der Waals surface area contributed by atoms with E-state index in [4.69, 9.17) is 5.73 Å². The zero-order valence-corrected chi connectivity index (χ0v) is 13.0. The molecule has 0 unspecified atom stereocenters. The number of aromatic hydroxyl groups is 1. The molecule has 8 heteroatoms. The van der Waals surface area contributed by atoms with Gasteiger partial charge in [-0.1, -0.05) is 0 Å². The number of nitrogens with zero attached hydrogens (tertiary/aromatic N) is 2. The first kappa shape index (κ1) is 14.8. The number of phenolic OH excluding ortho intramolecular Hbond substituents is 1. The van der Waals surface area contributed by atoms with Gasteiger partial charge in [-0.3, -0.25) is 15.5 Å². The number of rotatable bonds is 2. The van der Waals surface area contributed by atoms with Crippen LogP contribution in [0.4, 0.5) is 15.9 Å². The van der Waals surface area contributed by atoms with Crippen LogP contribution in [0, 0.1) is 5.82 Å². The second-order valence-electron chi connectivity index (χ2n) is 6.04. The van der Waals surface area contributed by atoms with Gasteiger partial charge in [0, 0.05) is 5.56 Å². The number of hydrazine groups is 1. The summed E-state index contributed by atoms with van der Waals surface area (Å²) in [5.41, 5.74) is 14.5. The Morgan fingerprint density at radius 2 is 2.04 bits per heavy atom. The molecule has 0 saturated carbocycles. The molecule has 24 heavy (non-hydrogen) atoms. The molecule has 4 rings (SSSR count). The number of nitrogen functional groups attached to an aromatic ring is 1. The number of phenols is 1. The Balaban J connectivity index is 1.78. The van der Waals surface area contributed by atoms with Crippen molar-refractivity contribution < 1.29 is 9.50 Å². The topological polar surface area (TPSA) is 100 Å². The van der Waals surface area contributed by atoms with Crippen LogP contribution in [0.15, 0.2) is 18.2 Å². The fourth-order valence-corrected chi connectivity index (χ4v) is 3.23. The number of nitrogens with two attached hydrogens (primary N) is 1. The predicted octanol–water partition coefficient (Wildman–Crippen LogP) is 1.66. The van der Waals surface area contributed by atoms with E-state index in [1.807, 2.05) is 10.8 Å². The minimum Gasteiger partial charge on any atom is -0.507 e. The van der Waals surface area contributed by atoms with Crippen molar-refractivity contribution in [1.29, 1.82) is 0 Å². The molecular weight excluding hydrogens is 311 g/mol. The van der Waals surface area contributed by atoms with Crippen molar-refractivity contribution in [3.05, 3.63) is 35.3 Å². The van der Waals surface area contributed by atoms with Crippen LogP contribution in [-0.2, 0) is 0 Å². The molecule has 7 nitrogen and oxygen atoms in total. The molecule has 2 aliphatic rings. The minimum atomic E-state index is -0.414. The lowest BCUT2D eigenvalue weighted by Crippen LogP contribution is -2.31. The summed E-state index contributed by atoms with van der Waals surface area (Å²) < 4.78 is 15.5. The molecule has 1 aromatic carbocycles. The van der Waals surface area contributed by atoms with Crippen LogP contribution >= 0.6 is 0 Å². The van der Waals surface area contributed by atoms with E-state index in [1.54, 1.807) is 0 Å². The van der Waals surface area contributed by atoms with Crippen molar-refractivity contribution >= 4 is 23.3 Å². The Morgan fingerprint density at radius 3 is 2.83 bits per heavy atom. The standard InChI is InChI=1S/C16H19FN6O/c17-9-1-2-14(24)11(7-9)12-8-13-15(21-20-12)16(18)22-23(13)10-3-5-19-6-4-10/h1-2,7-8,10,19-21,24H,3-6H2,(H2,18,22). The molecule has 1 aromatic heterocycles. The lowest BCUT2D eigenvalue weighted by molar-refractivity contribution is 0.342. The van der Waals surface area contributed by atoms with Crippen molar-refractivity contribution in [2.75, 3.05) is 24.2 Å². The summed E-state index contributed by atoms with van der Waals surface area (Å²) in [6, 6.07) is 4.10. The fourth-order valence-electron chi connectivity index (χ4n) is 3.23. The summed E-state index contributed by atoms with van der Waals surface area (Å²) in [6.07, 6.45) is 3.77. The quantitative estimate of drug-likeness (QED) is 0.574. The van der Waals surface area contributed by atoms with Gasteiger partial charge in [0.05, 0.1) is 17.4 Å². The largest absolute Gasteiger partial charge is 0.507 e. The Hall–Kier alpha value is -2.74. The number of fused-ring (bicyclic) bond motifs is 1. The zero-order valence-electron chi connectivity index (χ0n) is 13.0. The molecular formula is C16H19FN6O. The molecule has 0 amide bonds. The molecule has 1 saturated heterocycles. The monoisotopic (exact) mass is 330 g/mol. The number of piperidine rings is 1. The van der Waals surface area contributed by atoms with Crippen LogP contribution in [0.25, 0.3) is 11.8 Å². The lowest BCUT2D eigenvalue weighted by Gasteiger charge is -2.26. The fraction of sp³-hybridized carbons (Fsp3) is 0.312. The van der Waals surface area contributed by atoms with Crippen molar-refractivity contribution in [2.24, 2.45) is 0 Å². The number of benzene rings is 1. The normalized spacial score (nSPS) is 17.6. The maximum absolute atomic E-state index is 13.5. The molecule has 3 heterocycles. The van der Waals surface area contributed by atoms with Crippen LogP contribution < -0.4 is 21.9 Å². The molecule has 0 radical (unpaired) electrons. The molecule has 2 aliphatic heterocycles. The Morgan fingerprint density at radius 1 is 1.25 bits per heavy atom. The highest BCUT2D eigenvalue weighted by atomic mass is 19.1. The van der Waals surface area contributed by atoms with E-state index in [1.165, 1.54) is 18.2 Å². The van der Waals surface area contributed by atoms with Crippen LogP contribution in [-0.4, -0.2) is 28.0 Å². The SMILES string of the molecule is Nc1nn(C2CCNCC2)c2c1NNC(c1cc(F)ccc1O)=C2. The Labute approximate surface area is 138 Å². The number of aromatic nitrogens is 2. The summed E-state index contributed by atoms with van der Waals surface area (Å²) in [7, 11) is 0. The predicted molar refractivity (Wildman–Crippen MR) is 90.5 cm³/mol. The van der Waals surface area contributed by atoms with E-state index in [0.29, 0.717) is 22.8 Å². The maximum atomic E-state index is 13.5. The van der Waals surface area contributed by atoms with Crippen molar-refractivity contribution in [1.82, 2.24) is 20.5 Å². The Kier molecular flexibility index (Phi) is 3.53. The first-order valence-corrected chi connectivity index (χ1v) is 7.95. The van der Waals surface area contributed by atoms with Crippen LogP contribution in [0.2, 0.25) is 0 Å². The van der Waals surface area contributed by atoms with Crippen LogP contribution in [0.1, 0.15) is 30.1 Å². The van der Waals surface area contributed by atoms with E-state index < -0.39 is 5.82 Å². The molecule has 1 fully saturated rings. The number of anilines is 2. The van der Waals surface area contributed by atoms with E-state index in [-0.39, 0.29) is 11.8 Å². The number of hydrogen-bond acceptors (Lipinski definition) is 6. The summed E-state index contributed by atoms with van der Waals surface area (Å²) in [4.78, 5) is 0. The first-order chi connectivity index (χ1) is 11.6. The summed E-state index contributed by atoms with van der Waals surface area (Å²) in [6.45, 7) is 1.87. The van der Waals surface area contributed by atoms with Crippen LogP contribution in [0.3, 0.4) is 0 Å². The van der Waals surface area contributed by atoms with Gasteiger partial charge in [0.2, 0.25) is 0 Å². The summed E-state index contributed by atoms with van der Waals surface area (Å²) in [5, 5.41) is 17.8. The van der Waals surface area contributed by atoms with Crippen molar-refractivity contribution in [3.63, 3.8) is 0 Å². The average Bonchev–Trinajstić information content (AvgIpc) is 2.94. The maximum Gasteiger partial charge on any atom is 0.171 e. The highest BCUT2D eigenvalue weighted by molar-refractivity contribution is 5.91. The smallest absolute Gasteiger partial charge is 0.171 e. The molecule has 6 N–H and O–H groups in total. The number of nitrogens with one attached hydrogen (secondary N) is 3. The average molecular weight is 330 g/mol. The van der Waals surface area contributed by atoms with Gasteiger partial charge in [-0.05, 0) is 50.2 Å². The lowest BCUT2D eigenvalue weighted by atomic mass is 10.1. The molecule has 0 atom stereocenters. The van der Waals surface area contributed by atoms with E-state index in [2.05, 4.69) is 21.3 Å². The molecule has 0 bridgehead atoms. The second kappa shape index (κ2) is 5.72. The highest BCUT2D eigenvalue weighted by Crippen LogP contribution is 2.35. The Bertz CT molecular complexity index is 809. The molecule has 126 valence electrons. The zero-order chi connectivity index (χ0) is 16.7. The van der Waals surface area contributed by atoms with Crippen molar-refractivity contribution in [3.8, 4) is 5.75 Å². The highest BCUT2D eigenvalue weighted by Gasteiger charge is 2.26. The van der Waals surface area contributed by atoms with Gasteiger partial charge in [-0.15, -0.1) is 0 Å². The third-order valence-electron chi connectivity index (χ3n) is 4.48. The molecule has 2 aromatic rings. The van der Waals surface area contributed by atoms with Crippen LogP contribution in [0.5, 0.6) is 5.75 Å². The third-order valence-corrected chi connectivity index (χ3v) is 4.48. The van der Waals surface area contributed by atoms with Gasteiger partial charge in [-0.2, -0.15) is 5.10 Å². The third kappa shape index (κ3) is 2.44. The van der Waals surface area contributed by atoms with Crippen molar-refractivity contribution in [2.45, 2.75) is 18.9 Å². The number of hydrogen-bond donors (Lipinski definition) is 5. The van der Waals surface area contributed by atoms with Gasteiger partial charge < -0.3 is 16.2 Å². The van der Waals surface area contributed by atoms with Gasteiger partial charge in [0.15, 0.2) is 5.82 Å². The first-order valence-electron chi connectivity index (χ1n) is 7.95. The number of halogens is 1. The van der Waals surface area contributed by atoms with Gasteiger partial charge in [0.25, 0.3) is 0 Å². The molecule has 0 spiro atoms. The van der Waals surface area contributed by atoms with E-state index >= 15 is 0 Å². The van der Waals surface area contributed by atoms with E-state index in [9.17, 15) is 9.50 Å². The minimum absolute atomic E-state index is 0.00121. The summed E-state index contributed by atoms with van der Waals surface area (Å²) >= 11 is 0.